The van der Waals surface area contributed by atoms with Crippen molar-refractivity contribution >= 4 is 6.29 Å². The summed E-state index contributed by atoms with van der Waals surface area (Å²) in [6.45, 7) is 4.85. The molecule has 2 radical (unpaired) electrons. The van der Waals surface area contributed by atoms with Crippen LogP contribution in [-0.4, -0.2) is 6.29 Å². The maximum absolute atomic E-state index is 9.28. The Morgan fingerprint density at radius 1 is 1.40 bits per heavy atom. The monoisotopic (exact) mass is 256 g/mol. The van der Waals surface area contributed by atoms with Crippen molar-refractivity contribution in [2.45, 2.75) is 21.8 Å². The summed E-state index contributed by atoms with van der Waals surface area (Å²) >= 11 is 0. The average Bonchev–Trinajstić information content (AvgIpc) is 1.38. The summed E-state index contributed by atoms with van der Waals surface area (Å²) in [5.74, 6) is 0. The zero-order valence-electron chi connectivity index (χ0n) is 5.14. The zero-order valence-corrected chi connectivity index (χ0v) is 9.37. The molecular formula is C7H16OVY-2. The van der Waals surface area contributed by atoms with E-state index in [0.29, 0.717) is 5.57 Å². The molecular weight excluding hydrogens is 240 g/mol. The molecule has 0 aliphatic rings. The second-order valence-electron chi connectivity index (χ2n) is 0.882. The van der Waals surface area contributed by atoms with Gasteiger partial charge >= 0.3 is 0 Å². The van der Waals surface area contributed by atoms with E-state index >= 15 is 0 Å². The summed E-state index contributed by atoms with van der Waals surface area (Å²) in [6.07, 6.45) is 1.58. The van der Waals surface area contributed by atoms with E-state index in [1.165, 1.54) is 0 Å². The minimum absolute atomic E-state index is 0. The molecule has 0 atom stereocenters. The molecule has 0 aromatic carbocycles. The van der Waals surface area contributed by atoms with Gasteiger partial charge in [0.25, 0.3) is 0 Å². The largest absolute Gasteiger partial charge is 0.419 e. The van der Waals surface area contributed by atoms with Crippen LogP contribution < -0.4 is 0 Å². The molecule has 0 unspecified atom stereocenters. The minimum atomic E-state index is 0. The Morgan fingerprint density at radius 2 is 1.50 bits per heavy atom. The topological polar surface area (TPSA) is 17.1 Å². The van der Waals surface area contributed by atoms with Gasteiger partial charge in [0.05, 0.1) is 0 Å². The SMILES string of the molecule is C.C.C=C(C)[C-]=O.[CH3-].[V].[Y]. The summed E-state index contributed by atoms with van der Waals surface area (Å²) in [7, 11) is 0. The van der Waals surface area contributed by atoms with Crippen LogP contribution in [0.15, 0.2) is 12.2 Å². The molecule has 1 nitrogen and oxygen atoms in total. The van der Waals surface area contributed by atoms with Gasteiger partial charge in [-0.15, -0.1) is 0 Å². The third kappa shape index (κ3) is 62.2. The van der Waals surface area contributed by atoms with Crippen molar-refractivity contribution in [3.8, 4) is 0 Å². The van der Waals surface area contributed by atoms with Gasteiger partial charge in [-0.3, -0.25) is 0 Å². The van der Waals surface area contributed by atoms with Crippen LogP contribution in [0.3, 0.4) is 0 Å². The maximum atomic E-state index is 9.28. The molecule has 0 amide bonds. The van der Waals surface area contributed by atoms with Gasteiger partial charge in [0.15, 0.2) is 0 Å². The van der Waals surface area contributed by atoms with Crippen LogP contribution in [0.25, 0.3) is 0 Å². The Labute approximate surface area is 103 Å². The van der Waals surface area contributed by atoms with Gasteiger partial charge in [-0.25, -0.2) is 6.58 Å². The molecule has 0 aliphatic carbocycles. The Bertz CT molecular complexity index is 64.6. The fourth-order valence-electron chi connectivity index (χ4n) is 0. The van der Waals surface area contributed by atoms with Gasteiger partial charge in [-0.2, -0.15) is 5.57 Å². The molecule has 10 heavy (non-hydrogen) atoms. The number of hydrogen-bond donors (Lipinski definition) is 0. The predicted molar refractivity (Wildman–Crippen MR) is 40.4 cm³/mol. The van der Waals surface area contributed by atoms with Crippen molar-refractivity contribution in [1.82, 2.24) is 0 Å². The fraction of sp³-hybridized carbons (Fsp3) is 0.429. The van der Waals surface area contributed by atoms with Crippen molar-refractivity contribution in [2.24, 2.45) is 0 Å². The zero-order chi connectivity index (χ0) is 4.28. The molecule has 0 aliphatic heterocycles. The van der Waals surface area contributed by atoms with E-state index < -0.39 is 0 Å². The van der Waals surface area contributed by atoms with Crippen molar-refractivity contribution in [3.63, 3.8) is 0 Å². The van der Waals surface area contributed by atoms with Crippen LogP contribution in [0.2, 0.25) is 0 Å². The van der Waals surface area contributed by atoms with E-state index in [1.807, 2.05) is 0 Å². The third-order valence-corrected chi connectivity index (χ3v) is 0.174. The molecule has 0 saturated carbocycles. The van der Waals surface area contributed by atoms with E-state index in [9.17, 15) is 4.79 Å². The first-order chi connectivity index (χ1) is 2.27. The second-order valence-corrected chi connectivity index (χ2v) is 0.882. The van der Waals surface area contributed by atoms with Crippen molar-refractivity contribution in [1.29, 1.82) is 0 Å². The summed E-state index contributed by atoms with van der Waals surface area (Å²) < 4.78 is 0. The molecule has 0 bridgehead atoms. The van der Waals surface area contributed by atoms with E-state index in [4.69, 9.17) is 0 Å². The smallest absolute Gasteiger partial charge is 0 e. The first kappa shape index (κ1) is 43.5. The van der Waals surface area contributed by atoms with Crippen LogP contribution in [0, 0.1) is 7.43 Å². The fourth-order valence-corrected chi connectivity index (χ4v) is 0. The van der Waals surface area contributed by atoms with Gasteiger partial charge in [0.1, 0.15) is 0 Å². The first-order valence-electron chi connectivity index (χ1n) is 1.31. The number of allylic oxidation sites excluding steroid dienone is 1. The second kappa shape index (κ2) is 32.2. The summed E-state index contributed by atoms with van der Waals surface area (Å²) in [6, 6.07) is 0. The van der Waals surface area contributed by atoms with Crippen LogP contribution in [0.4, 0.5) is 0 Å². The molecule has 0 rings (SSSR count). The molecule has 0 aromatic rings. The first-order valence-corrected chi connectivity index (χ1v) is 1.31. The van der Waals surface area contributed by atoms with Gasteiger partial charge in [-0.05, 0) is 6.29 Å². The van der Waals surface area contributed by atoms with Crippen molar-refractivity contribution in [2.75, 3.05) is 0 Å². The Hall–Kier alpha value is 1.10. The van der Waals surface area contributed by atoms with E-state index in [1.54, 1.807) is 13.2 Å². The average molecular weight is 256 g/mol. The van der Waals surface area contributed by atoms with Crippen LogP contribution in [0.1, 0.15) is 21.8 Å². The van der Waals surface area contributed by atoms with Gasteiger partial charge in [0, 0.05) is 51.3 Å². The maximum Gasteiger partial charge on any atom is 0 e. The molecule has 3 heteroatoms. The molecule has 0 fully saturated rings. The quantitative estimate of drug-likeness (QED) is 0.520. The molecule has 60 valence electrons. The minimum Gasteiger partial charge on any atom is -0.419 e. The van der Waals surface area contributed by atoms with Gasteiger partial charge in [-0.1, -0.05) is 21.8 Å². The number of rotatable bonds is 1. The summed E-state index contributed by atoms with van der Waals surface area (Å²) in [4.78, 5) is 9.28. The van der Waals surface area contributed by atoms with Crippen molar-refractivity contribution < 1.29 is 56.1 Å². The molecule has 0 aromatic heterocycles. The molecule has 0 spiro atoms. The van der Waals surface area contributed by atoms with Crippen LogP contribution in [-0.2, 0) is 56.1 Å². The standard InChI is InChI=1S/C4H5O.2CH4.CH3.V.Y/c1-4(2)3-5;;;;;/h1H2,2H3;2*1H4;1H3;;/q-1;;;-1;;. The summed E-state index contributed by atoms with van der Waals surface area (Å²) in [5, 5.41) is 0. The van der Waals surface area contributed by atoms with Gasteiger partial charge < -0.3 is 12.2 Å². The molecule has 0 saturated heterocycles. The van der Waals surface area contributed by atoms with E-state index in [0.717, 1.165) is 0 Å². The Morgan fingerprint density at radius 3 is 1.50 bits per heavy atom. The van der Waals surface area contributed by atoms with Crippen LogP contribution in [0.5, 0.6) is 0 Å². The van der Waals surface area contributed by atoms with Crippen LogP contribution >= 0.6 is 0 Å². The van der Waals surface area contributed by atoms with Gasteiger partial charge in [0.2, 0.25) is 0 Å². The predicted octanol–water partition coefficient (Wildman–Crippen LogP) is 2.39. The Balaban J connectivity index is -0.00000000800. The van der Waals surface area contributed by atoms with E-state index in [2.05, 4.69) is 6.58 Å². The normalized spacial score (nSPS) is 3.30. The molecule has 0 N–H and O–H groups in total. The third-order valence-electron chi connectivity index (χ3n) is 0.174. The van der Waals surface area contributed by atoms with E-state index in [-0.39, 0.29) is 73.5 Å². The summed E-state index contributed by atoms with van der Waals surface area (Å²) in [5.41, 5.74) is 0.449. The van der Waals surface area contributed by atoms with Crippen molar-refractivity contribution in [3.05, 3.63) is 19.6 Å². The number of hydrogen-bond acceptors (Lipinski definition) is 1. The Kier molecular flexibility index (Phi) is 140. The number of carbonyl (C=O) groups excluding carboxylic acids is 1. The molecule has 0 heterocycles.